The molecule has 0 aromatic rings. The molecule has 0 saturated carbocycles. The molecule has 92 valence electrons. The number of rotatable bonds is 9. The van der Waals surface area contributed by atoms with E-state index in [1.807, 2.05) is 12.2 Å². The Hall–Kier alpha value is -0.320. The van der Waals surface area contributed by atoms with Crippen molar-refractivity contribution in [3.63, 3.8) is 0 Å². The molecule has 0 aliphatic rings. The quantitative estimate of drug-likeness (QED) is 0.182. The standard InChI is InChI=1S/C12H21NO3.Na/c1-2-3-4-5-6-8-11(14)13-10-7-9-12(15)16;/h5-6H,2-4,7-10H2,1H3,(H,13,14)(H,15,16);/q;+1/p-1/b6-5+;. The molecule has 0 rings (SSSR count). The van der Waals surface area contributed by atoms with E-state index >= 15 is 0 Å². The molecule has 0 radical (unpaired) electrons. The fraction of sp³-hybridized carbons (Fsp3) is 0.667. The first-order valence-electron chi connectivity index (χ1n) is 5.74. The minimum Gasteiger partial charge on any atom is -0.862 e. The molecule has 0 aliphatic carbocycles. The van der Waals surface area contributed by atoms with E-state index in [2.05, 4.69) is 11.9 Å². The Morgan fingerprint density at radius 2 is 2.06 bits per heavy atom. The van der Waals surface area contributed by atoms with Gasteiger partial charge < -0.3 is 15.2 Å². The van der Waals surface area contributed by atoms with E-state index in [4.69, 9.17) is 5.11 Å². The van der Waals surface area contributed by atoms with Gasteiger partial charge in [0.2, 0.25) is 0 Å². The minimum atomic E-state index is -0.845. The first-order valence-corrected chi connectivity index (χ1v) is 5.74. The summed E-state index contributed by atoms with van der Waals surface area (Å²) in [6.45, 7) is 2.44. The Bertz CT molecular complexity index is 252. The molecule has 1 N–H and O–H groups in total. The second kappa shape index (κ2) is 13.7. The number of unbranched alkanes of at least 4 members (excludes halogenated alkanes) is 2. The normalized spacial score (nSPS) is 11.5. The van der Waals surface area contributed by atoms with Gasteiger partial charge in [0, 0.05) is 13.0 Å². The van der Waals surface area contributed by atoms with E-state index in [0.717, 1.165) is 19.3 Å². The van der Waals surface area contributed by atoms with E-state index < -0.39 is 5.97 Å². The molecule has 0 bridgehead atoms. The molecule has 0 atom stereocenters. The van der Waals surface area contributed by atoms with Gasteiger partial charge in [0.25, 0.3) is 0 Å². The number of allylic oxidation sites excluding steroid dienone is 1. The van der Waals surface area contributed by atoms with Crippen LogP contribution in [0, 0.1) is 0 Å². The number of carboxylic acid groups (broad SMARTS) is 1. The van der Waals surface area contributed by atoms with Crippen molar-refractivity contribution in [2.24, 2.45) is 4.99 Å². The first-order chi connectivity index (χ1) is 7.66. The third-order valence-electron chi connectivity index (χ3n) is 2.02. The van der Waals surface area contributed by atoms with Gasteiger partial charge in [0.05, 0.1) is 0 Å². The van der Waals surface area contributed by atoms with E-state index in [1.165, 1.54) is 0 Å². The van der Waals surface area contributed by atoms with E-state index in [1.54, 1.807) is 0 Å². The van der Waals surface area contributed by atoms with E-state index in [-0.39, 0.29) is 41.9 Å². The van der Waals surface area contributed by atoms with Crippen LogP contribution in [0.5, 0.6) is 0 Å². The van der Waals surface area contributed by atoms with Gasteiger partial charge in [0.15, 0.2) is 0 Å². The Morgan fingerprint density at radius 3 is 2.65 bits per heavy atom. The number of carboxylic acids is 1. The summed E-state index contributed by atoms with van der Waals surface area (Å²) in [5.74, 6) is -1.01. The Balaban J connectivity index is 0. The monoisotopic (exact) mass is 249 g/mol. The number of nitrogens with zero attached hydrogens (tertiary/aromatic N) is 1. The topological polar surface area (TPSA) is 72.7 Å². The summed E-state index contributed by atoms with van der Waals surface area (Å²) >= 11 is 0. The van der Waals surface area contributed by atoms with E-state index in [9.17, 15) is 9.90 Å². The Labute approximate surface area is 125 Å². The summed E-state index contributed by atoms with van der Waals surface area (Å²) < 4.78 is 0. The van der Waals surface area contributed by atoms with Crippen molar-refractivity contribution >= 4 is 11.9 Å². The SMILES string of the molecule is CCCC/C=C/CC([O-])=NCCCC(=O)O.[Na+]. The summed E-state index contributed by atoms with van der Waals surface area (Å²) in [6, 6.07) is 0. The predicted molar refractivity (Wildman–Crippen MR) is 62.5 cm³/mol. The molecule has 4 nitrogen and oxygen atoms in total. The van der Waals surface area contributed by atoms with Gasteiger partial charge in [-0.05, 0) is 25.2 Å². The molecule has 0 heterocycles. The van der Waals surface area contributed by atoms with Crippen LogP contribution >= 0.6 is 0 Å². The van der Waals surface area contributed by atoms with Crippen LogP contribution in [0.1, 0.15) is 45.4 Å². The first kappa shape index (κ1) is 19.0. The van der Waals surface area contributed by atoms with Gasteiger partial charge in [0.1, 0.15) is 0 Å². The second-order valence-electron chi connectivity index (χ2n) is 3.59. The maximum Gasteiger partial charge on any atom is 1.00 e. The molecule has 0 spiro atoms. The van der Waals surface area contributed by atoms with Gasteiger partial charge >= 0.3 is 35.5 Å². The van der Waals surface area contributed by atoms with Crippen LogP contribution < -0.4 is 34.7 Å². The van der Waals surface area contributed by atoms with Gasteiger partial charge in [-0.1, -0.05) is 31.9 Å². The third-order valence-corrected chi connectivity index (χ3v) is 2.02. The van der Waals surface area contributed by atoms with Crippen LogP contribution in [0.2, 0.25) is 0 Å². The van der Waals surface area contributed by atoms with E-state index in [0.29, 0.717) is 19.4 Å². The molecule has 0 amide bonds. The fourth-order valence-electron chi connectivity index (χ4n) is 1.12. The molecule has 0 aromatic heterocycles. The van der Waals surface area contributed by atoms with Crippen molar-refractivity contribution in [3.8, 4) is 0 Å². The number of aliphatic carboxylic acids is 1. The van der Waals surface area contributed by atoms with Crippen LogP contribution in [-0.4, -0.2) is 23.5 Å². The molecular weight excluding hydrogens is 229 g/mol. The zero-order valence-corrected chi connectivity index (χ0v) is 12.8. The average molecular weight is 249 g/mol. The van der Waals surface area contributed by atoms with Crippen molar-refractivity contribution in [2.75, 3.05) is 6.54 Å². The number of carbonyl (C=O) groups is 1. The average Bonchev–Trinajstić information content (AvgIpc) is 2.24. The third kappa shape index (κ3) is 15.7. The maximum atomic E-state index is 11.2. The summed E-state index contributed by atoms with van der Waals surface area (Å²) in [4.78, 5) is 13.9. The molecule has 0 aliphatic heterocycles. The number of aliphatic imine (C=N–C) groups is 1. The Kier molecular flexibility index (Phi) is 15.4. The van der Waals surface area contributed by atoms with Crippen LogP contribution in [0.25, 0.3) is 0 Å². The second-order valence-corrected chi connectivity index (χ2v) is 3.59. The van der Waals surface area contributed by atoms with Crippen molar-refractivity contribution < 1.29 is 44.6 Å². The molecule has 0 unspecified atom stereocenters. The molecule has 0 saturated heterocycles. The zero-order valence-electron chi connectivity index (χ0n) is 10.8. The summed E-state index contributed by atoms with van der Waals surface area (Å²) in [6.07, 6.45) is 7.95. The predicted octanol–water partition coefficient (Wildman–Crippen LogP) is -1.25. The van der Waals surface area contributed by atoms with Crippen molar-refractivity contribution in [3.05, 3.63) is 12.2 Å². The van der Waals surface area contributed by atoms with Crippen molar-refractivity contribution in [1.29, 1.82) is 0 Å². The molecule has 0 fully saturated rings. The van der Waals surface area contributed by atoms with Crippen LogP contribution in [0.3, 0.4) is 0 Å². The number of hydrogen-bond acceptors (Lipinski definition) is 3. The van der Waals surface area contributed by atoms with Crippen LogP contribution in [0.15, 0.2) is 17.1 Å². The van der Waals surface area contributed by atoms with Gasteiger partial charge in [-0.25, -0.2) is 0 Å². The zero-order chi connectivity index (χ0) is 12.2. The largest absolute Gasteiger partial charge is 1.00 e. The Morgan fingerprint density at radius 1 is 1.35 bits per heavy atom. The summed E-state index contributed by atoms with van der Waals surface area (Å²) in [5, 5.41) is 19.5. The van der Waals surface area contributed by atoms with Gasteiger partial charge in [-0.3, -0.25) is 4.79 Å². The fourth-order valence-corrected chi connectivity index (χ4v) is 1.12. The molecular formula is C12H20NNaO3. The van der Waals surface area contributed by atoms with Crippen molar-refractivity contribution in [2.45, 2.75) is 45.4 Å². The summed E-state index contributed by atoms with van der Waals surface area (Å²) in [7, 11) is 0. The van der Waals surface area contributed by atoms with Gasteiger partial charge in [-0.2, -0.15) is 0 Å². The smallest absolute Gasteiger partial charge is 0.862 e. The number of hydrogen-bond donors (Lipinski definition) is 1. The summed E-state index contributed by atoms with van der Waals surface area (Å²) in [5.41, 5.74) is 0. The molecule has 5 heteroatoms. The van der Waals surface area contributed by atoms with Crippen LogP contribution in [-0.2, 0) is 4.79 Å². The van der Waals surface area contributed by atoms with Gasteiger partial charge in [-0.15, -0.1) is 0 Å². The maximum absolute atomic E-state index is 11.2. The molecule has 0 aromatic carbocycles. The minimum absolute atomic E-state index is 0. The van der Waals surface area contributed by atoms with Crippen LogP contribution in [0.4, 0.5) is 0 Å². The van der Waals surface area contributed by atoms with Crippen molar-refractivity contribution in [1.82, 2.24) is 0 Å². The molecule has 17 heavy (non-hydrogen) atoms.